The van der Waals surface area contributed by atoms with Crippen molar-refractivity contribution in [3.05, 3.63) is 33.8 Å². The lowest BCUT2D eigenvalue weighted by Gasteiger charge is -2.23. The molecule has 1 rings (SSSR count). The summed E-state index contributed by atoms with van der Waals surface area (Å²) in [5.74, 6) is 0.608. The molecule has 0 spiro atoms. The molecule has 1 unspecified atom stereocenters. The summed E-state index contributed by atoms with van der Waals surface area (Å²) in [5.41, 5.74) is 1.04. The fourth-order valence-corrected chi connectivity index (χ4v) is 2.60. The predicted octanol–water partition coefficient (Wildman–Crippen LogP) is 5.08. The van der Waals surface area contributed by atoms with Crippen LogP contribution >= 0.6 is 23.2 Å². The summed E-state index contributed by atoms with van der Waals surface area (Å²) in [7, 11) is 0. The summed E-state index contributed by atoms with van der Waals surface area (Å²) < 4.78 is 0. The summed E-state index contributed by atoms with van der Waals surface area (Å²) in [6.45, 7) is 7.57. The predicted molar refractivity (Wildman–Crippen MR) is 77.0 cm³/mol. The molecule has 0 aliphatic heterocycles. The van der Waals surface area contributed by atoms with E-state index in [0.717, 1.165) is 35.0 Å². The van der Waals surface area contributed by atoms with Crippen LogP contribution in [0.5, 0.6) is 0 Å². The first kappa shape index (κ1) is 14.8. The van der Waals surface area contributed by atoms with Crippen LogP contribution in [-0.4, -0.2) is 6.54 Å². The smallest absolute Gasteiger partial charge is 0.0468 e. The maximum atomic E-state index is 6.26. The van der Waals surface area contributed by atoms with Crippen molar-refractivity contribution < 1.29 is 0 Å². The minimum absolute atomic E-state index is 0.246. The zero-order chi connectivity index (χ0) is 12.8. The standard InChI is InChI=1S/C14H21Cl2N/c1-4-8-17-13(9-10(2)3)14-11(15)6-5-7-12(14)16/h5-7,10,13,17H,4,8-9H2,1-3H3. The Morgan fingerprint density at radius 1 is 1.18 bits per heavy atom. The number of nitrogens with one attached hydrogen (secondary N) is 1. The molecule has 0 amide bonds. The van der Waals surface area contributed by atoms with E-state index in [1.807, 2.05) is 18.2 Å². The largest absolute Gasteiger partial charge is 0.310 e. The van der Waals surface area contributed by atoms with Gasteiger partial charge in [0.2, 0.25) is 0 Å². The van der Waals surface area contributed by atoms with Gasteiger partial charge in [0.25, 0.3) is 0 Å². The molecule has 0 bridgehead atoms. The van der Waals surface area contributed by atoms with Gasteiger partial charge < -0.3 is 5.32 Å². The van der Waals surface area contributed by atoms with Crippen molar-refractivity contribution in [2.75, 3.05) is 6.54 Å². The highest BCUT2D eigenvalue weighted by molar-refractivity contribution is 6.36. The van der Waals surface area contributed by atoms with Crippen molar-refractivity contribution in [3.63, 3.8) is 0 Å². The SMILES string of the molecule is CCCNC(CC(C)C)c1c(Cl)cccc1Cl. The molecule has 3 heteroatoms. The first-order valence-electron chi connectivity index (χ1n) is 6.23. The summed E-state index contributed by atoms with van der Waals surface area (Å²) in [5, 5.41) is 5.04. The molecule has 0 aliphatic carbocycles. The maximum Gasteiger partial charge on any atom is 0.0468 e. The van der Waals surface area contributed by atoms with Gasteiger partial charge in [0, 0.05) is 21.7 Å². The van der Waals surface area contributed by atoms with E-state index in [2.05, 4.69) is 26.1 Å². The molecule has 0 fully saturated rings. The highest BCUT2D eigenvalue weighted by atomic mass is 35.5. The molecule has 0 heterocycles. The number of benzene rings is 1. The van der Waals surface area contributed by atoms with E-state index < -0.39 is 0 Å². The van der Waals surface area contributed by atoms with E-state index in [-0.39, 0.29) is 6.04 Å². The normalized spacial score (nSPS) is 13.1. The molecule has 1 aromatic rings. The van der Waals surface area contributed by atoms with Crippen LogP contribution < -0.4 is 5.32 Å². The third-order valence-corrected chi connectivity index (χ3v) is 3.36. The Morgan fingerprint density at radius 2 is 1.76 bits per heavy atom. The molecule has 1 aromatic carbocycles. The Bertz CT molecular complexity index is 330. The monoisotopic (exact) mass is 273 g/mol. The van der Waals surface area contributed by atoms with Crippen LogP contribution in [0.15, 0.2) is 18.2 Å². The van der Waals surface area contributed by atoms with Crippen molar-refractivity contribution in [3.8, 4) is 0 Å². The van der Waals surface area contributed by atoms with E-state index >= 15 is 0 Å². The molecule has 0 saturated carbocycles. The first-order valence-corrected chi connectivity index (χ1v) is 6.99. The molecule has 0 saturated heterocycles. The summed E-state index contributed by atoms with van der Waals surface area (Å²) in [6, 6.07) is 5.95. The lowest BCUT2D eigenvalue weighted by molar-refractivity contribution is 0.430. The first-order chi connectivity index (χ1) is 8.06. The molecule has 1 nitrogen and oxygen atoms in total. The molecule has 0 radical (unpaired) electrons. The van der Waals surface area contributed by atoms with Crippen LogP contribution in [0.2, 0.25) is 10.0 Å². The van der Waals surface area contributed by atoms with Gasteiger partial charge in [0.05, 0.1) is 0 Å². The fraction of sp³-hybridized carbons (Fsp3) is 0.571. The van der Waals surface area contributed by atoms with Crippen LogP contribution in [0, 0.1) is 5.92 Å². The zero-order valence-corrected chi connectivity index (χ0v) is 12.3. The number of rotatable bonds is 6. The maximum absolute atomic E-state index is 6.26. The second-order valence-electron chi connectivity index (χ2n) is 4.77. The van der Waals surface area contributed by atoms with Gasteiger partial charge in [-0.25, -0.2) is 0 Å². The minimum Gasteiger partial charge on any atom is -0.310 e. The number of hydrogen-bond acceptors (Lipinski definition) is 1. The Kier molecular flexibility index (Phi) is 6.32. The van der Waals surface area contributed by atoms with Crippen molar-refractivity contribution in [1.29, 1.82) is 0 Å². The Morgan fingerprint density at radius 3 is 2.24 bits per heavy atom. The molecule has 1 atom stereocenters. The molecule has 17 heavy (non-hydrogen) atoms. The van der Waals surface area contributed by atoms with E-state index in [0.29, 0.717) is 5.92 Å². The van der Waals surface area contributed by atoms with Gasteiger partial charge in [0.15, 0.2) is 0 Å². The minimum atomic E-state index is 0.246. The topological polar surface area (TPSA) is 12.0 Å². The fourth-order valence-electron chi connectivity index (χ4n) is 1.94. The van der Waals surface area contributed by atoms with E-state index in [1.54, 1.807) is 0 Å². The molecular weight excluding hydrogens is 253 g/mol. The third-order valence-electron chi connectivity index (χ3n) is 2.70. The van der Waals surface area contributed by atoms with Gasteiger partial charge in [-0.1, -0.05) is 50.0 Å². The van der Waals surface area contributed by atoms with Crippen molar-refractivity contribution >= 4 is 23.2 Å². The van der Waals surface area contributed by atoms with E-state index in [1.165, 1.54) is 0 Å². The Labute approximate surface area is 115 Å². The van der Waals surface area contributed by atoms with Gasteiger partial charge in [0.1, 0.15) is 0 Å². The van der Waals surface area contributed by atoms with Crippen LogP contribution in [0.1, 0.15) is 45.2 Å². The van der Waals surface area contributed by atoms with Gasteiger partial charge >= 0.3 is 0 Å². The van der Waals surface area contributed by atoms with Gasteiger partial charge in [-0.3, -0.25) is 0 Å². The van der Waals surface area contributed by atoms with Gasteiger partial charge in [-0.2, -0.15) is 0 Å². The van der Waals surface area contributed by atoms with E-state index in [9.17, 15) is 0 Å². The van der Waals surface area contributed by atoms with Gasteiger partial charge in [-0.05, 0) is 37.4 Å². The average Bonchev–Trinajstić information content (AvgIpc) is 2.24. The number of halogens is 2. The van der Waals surface area contributed by atoms with Gasteiger partial charge in [-0.15, -0.1) is 0 Å². The van der Waals surface area contributed by atoms with Crippen molar-refractivity contribution in [2.24, 2.45) is 5.92 Å². The molecule has 96 valence electrons. The average molecular weight is 274 g/mol. The van der Waals surface area contributed by atoms with Crippen LogP contribution in [0.4, 0.5) is 0 Å². The quantitative estimate of drug-likeness (QED) is 0.762. The van der Waals surface area contributed by atoms with E-state index in [4.69, 9.17) is 23.2 Å². The highest BCUT2D eigenvalue weighted by Gasteiger charge is 2.18. The van der Waals surface area contributed by atoms with Crippen LogP contribution in [0.25, 0.3) is 0 Å². The molecular formula is C14H21Cl2N. The van der Waals surface area contributed by atoms with Crippen molar-refractivity contribution in [2.45, 2.75) is 39.7 Å². The molecule has 0 aliphatic rings. The summed E-state index contributed by atoms with van der Waals surface area (Å²) >= 11 is 12.5. The molecule has 0 aromatic heterocycles. The Hall–Kier alpha value is -0.240. The summed E-state index contributed by atoms with van der Waals surface area (Å²) in [4.78, 5) is 0. The molecule has 1 N–H and O–H groups in total. The second-order valence-corrected chi connectivity index (χ2v) is 5.59. The lowest BCUT2D eigenvalue weighted by Crippen LogP contribution is -2.24. The number of hydrogen-bond donors (Lipinski definition) is 1. The Balaban J connectivity index is 2.94. The lowest BCUT2D eigenvalue weighted by atomic mass is 9.96. The second kappa shape index (κ2) is 7.25. The summed E-state index contributed by atoms with van der Waals surface area (Å²) in [6.07, 6.45) is 2.15. The zero-order valence-electron chi connectivity index (χ0n) is 10.8. The van der Waals surface area contributed by atoms with Crippen molar-refractivity contribution in [1.82, 2.24) is 5.32 Å². The van der Waals surface area contributed by atoms with Crippen LogP contribution in [-0.2, 0) is 0 Å². The highest BCUT2D eigenvalue weighted by Crippen LogP contribution is 2.33. The van der Waals surface area contributed by atoms with Crippen LogP contribution in [0.3, 0.4) is 0 Å². The third kappa shape index (κ3) is 4.50.